The van der Waals surface area contributed by atoms with Crippen LogP contribution >= 0.6 is 15.9 Å². The number of halogens is 2. The predicted molar refractivity (Wildman–Crippen MR) is 82.0 cm³/mol. The lowest BCUT2D eigenvalue weighted by Gasteiger charge is -2.31. The lowest BCUT2D eigenvalue weighted by molar-refractivity contribution is 0.157. The molecule has 2 aromatic rings. The minimum absolute atomic E-state index is 0.192. The number of hydrogen-bond donors (Lipinski definition) is 1. The van der Waals surface area contributed by atoms with Gasteiger partial charge in [-0.25, -0.2) is 4.39 Å². The van der Waals surface area contributed by atoms with E-state index in [0.717, 1.165) is 21.3 Å². The second-order valence-electron chi connectivity index (χ2n) is 5.02. The number of methoxy groups -OCH3 is 1. The number of hydrogen-bond acceptors (Lipinski definition) is 3. The molecule has 5 heteroatoms. The van der Waals surface area contributed by atoms with Crippen LogP contribution in [0.25, 0.3) is 0 Å². The first kappa shape index (κ1) is 14.4. The fraction of sp³-hybridized carbons (Fsp3) is 0.250. The van der Waals surface area contributed by atoms with Crippen LogP contribution < -0.4 is 15.2 Å². The summed E-state index contributed by atoms with van der Waals surface area (Å²) in [5, 5.41) is 0. The summed E-state index contributed by atoms with van der Waals surface area (Å²) in [6.45, 7) is 0. The number of nitrogens with two attached hydrogens (primary N) is 1. The van der Waals surface area contributed by atoms with Crippen molar-refractivity contribution in [3.8, 4) is 11.5 Å². The number of ether oxygens (including phenoxy) is 2. The molecule has 0 radical (unpaired) electrons. The summed E-state index contributed by atoms with van der Waals surface area (Å²) >= 11 is 3.45. The Morgan fingerprint density at radius 1 is 1.24 bits per heavy atom. The van der Waals surface area contributed by atoms with Crippen LogP contribution in [0.2, 0.25) is 0 Å². The van der Waals surface area contributed by atoms with Gasteiger partial charge in [-0.2, -0.15) is 0 Å². The van der Waals surface area contributed by atoms with E-state index in [2.05, 4.69) is 15.9 Å². The zero-order chi connectivity index (χ0) is 15.0. The average molecular weight is 352 g/mol. The predicted octanol–water partition coefficient (Wildman–Crippen LogP) is 4.12. The molecule has 21 heavy (non-hydrogen) atoms. The molecule has 1 aliphatic heterocycles. The van der Waals surface area contributed by atoms with Crippen LogP contribution in [0.5, 0.6) is 11.5 Å². The molecule has 0 amide bonds. The summed E-state index contributed by atoms with van der Waals surface area (Å²) in [5.41, 5.74) is 7.93. The van der Waals surface area contributed by atoms with E-state index in [1.807, 2.05) is 18.2 Å². The fourth-order valence-corrected chi connectivity index (χ4v) is 3.00. The van der Waals surface area contributed by atoms with Gasteiger partial charge in [0.05, 0.1) is 7.11 Å². The molecule has 110 valence electrons. The van der Waals surface area contributed by atoms with Gasteiger partial charge in [0.15, 0.2) is 0 Å². The number of fused-ring (bicyclic) bond motifs is 1. The van der Waals surface area contributed by atoms with Gasteiger partial charge in [0.2, 0.25) is 0 Å². The third-order valence-corrected chi connectivity index (χ3v) is 4.14. The SMILES string of the molecule is COc1ccc(Br)cc1C1C[C@H](N)c2ccc(F)cc2O1. The molecule has 2 aromatic carbocycles. The van der Waals surface area contributed by atoms with Crippen LogP contribution in [0.4, 0.5) is 4.39 Å². The highest BCUT2D eigenvalue weighted by molar-refractivity contribution is 9.10. The van der Waals surface area contributed by atoms with E-state index < -0.39 is 0 Å². The van der Waals surface area contributed by atoms with Crippen LogP contribution in [-0.4, -0.2) is 7.11 Å². The van der Waals surface area contributed by atoms with E-state index in [1.165, 1.54) is 12.1 Å². The van der Waals surface area contributed by atoms with Crippen LogP contribution in [0.1, 0.15) is 29.7 Å². The summed E-state index contributed by atoms with van der Waals surface area (Å²) in [4.78, 5) is 0. The zero-order valence-electron chi connectivity index (χ0n) is 11.5. The van der Waals surface area contributed by atoms with Gasteiger partial charge < -0.3 is 15.2 Å². The molecule has 3 rings (SSSR count). The lowest BCUT2D eigenvalue weighted by Crippen LogP contribution is -2.24. The molecular formula is C16H15BrFNO2. The molecule has 0 fully saturated rings. The fourth-order valence-electron chi connectivity index (χ4n) is 2.62. The normalized spacial score (nSPS) is 20.6. The molecule has 0 saturated heterocycles. The second-order valence-corrected chi connectivity index (χ2v) is 5.93. The van der Waals surface area contributed by atoms with Gasteiger partial charge in [-0.3, -0.25) is 0 Å². The van der Waals surface area contributed by atoms with Crippen LogP contribution in [-0.2, 0) is 0 Å². The van der Waals surface area contributed by atoms with Crippen molar-refractivity contribution in [3.63, 3.8) is 0 Å². The standard InChI is InChI=1S/C16H15BrFNO2/c1-20-14-5-2-9(17)6-12(14)16-8-13(19)11-4-3-10(18)7-15(11)21-16/h2-7,13,16H,8,19H2,1H3/t13-,16?/m0/s1. The van der Waals surface area contributed by atoms with Crippen molar-refractivity contribution in [2.75, 3.05) is 7.11 Å². The topological polar surface area (TPSA) is 44.5 Å². The summed E-state index contributed by atoms with van der Waals surface area (Å²) in [6, 6.07) is 10.00. The van der Waals surface area contributed by atoms with E-state index in [9.17, 15) is 4.39 Å². The molecular weight excluding hydrogens is 337 g/mol. The Kier molecular flexibility index (Phi) is 3.87. The van der Waals surface area contributed by atoms with E-state index >= 15 is 0 Å². The molecule has 1 aliphatic rings. The van der Waals surface area contributed by atoms with Crippen molar-refractivity contribution in [3.05, 3.63) is 57.8 Å². The van der Waals surface area contributed by atoms with Crippen molar-refractivity contribution in [1.29, 1.82) is 0 Å². The maximum Gasteiger partial charge on any atom is 0.129 e. The molecule has 1 heterocycles. The maximum atomic E-state index is 13.4. The summed E-state index contributed by atoms with van der Waals surface area (Å²) in [5.74, 6) is 0.902. The average Bonchev–Trinajstić information content (AvgIpc) is 2.46. The van der Waals surface area contributed by atoms with Crippen molar-refractivity contribution >= 4 is 15.9 Å². The Morgan fingerprint density at radius 3 is 2.81 bits per heavy atom. The molecule has 0 spiro atoms. The molecule has 3 nitrogen and oxygen atoms in total. The van der Waals surface area contributed by atoms with Crippen molar-refractivity contribution in [2.45, 2.75) is 18.6 Å². The monoisotopic (exact) mass is 351 g/mol. The van der Waals surface area contributed by atoms with Crippen LogP contribution in [0.15, 0.2) is 40.9 Å². The molecule has 1 unspecified atom stereocenters. The lowest BCUT2D eigenvalue weighted by atomic mass is 9.93. The Bertz CT molecular complexity index is 677. The summed E-state index contributed by atoms with van der Waals surface area (Å²) in [6.07, 6.45) is 0.354. The van der Waals surface area contributed by atoms with Crippen molar-refractivity contribution in [1.82, 2.24) is 0 Å². The Morgan fingerprint density at radius 2 is 2.05 bits per heavy atom. The van der Waals surface area contributed by atoms with E-state index in [-0.39, 0.29) is 18.0 Å². The van der Waals surface area contributed by atoms with Gasteiger partial charge >= 0.3 is 0 Å². The van der Waals surface area contributed by atoms with Gasteiger partial charge in [0.25, 0.3) is 0 Å². The minimum atomic E-state index is -0.331. The van der Waals surface area contributed by atoms with Gasteiger partial charge in [-0.15, -0.1) is 0 Å². The van der Waals surface area contributed by atoms with Gasteiger partial charge in [0.1, 0.15) is 23.4 Å². The minimum Gasteiger partial charge on any atom is -0.496 e. The smallest absolute Gasteiger partial charge is 0.129 e. The third-order valence-electron chi connectivity index (χ3n) is 3.65. The Labute approximate surface area is 131 Å². The van der Waals surface area contributed by atoms with Gasteiger partial charge in [-0.05, 0) is 24.3 Å². The van der Waals surface area contributed by atoms with E-state index in [1.54, 1.807) is 13.2 Å². The molecule has 0 aliphatic carbocycles. The molecule has 0 saturated carbocycles. The summed E-state index contributed by atoms with van der Waals surface area (Å²) < 4.78 is 25.7. The van der Waals surface area contributed by atoms with E-state index in [4.69, 9.17) is 15.2 Å². The highest BCUT2D eigenvalue weighted by atomic mass is 79.9. The van der Waals surface area contributed by atoms with Gasteiger partial charge in [0, 0.05) is 34.1 Å². The van der Waals surface area contributed by atoms with Crippen molar-refractivity contribution < 1.29 is 13.9 Å². The molecule has 2 atom stereocenters. The first-order valence-electron chi connectivity index (χ1n) is 6.63. The third kappa shape index (κ3) is 2.76. The Balaban J connectivity index is 2.01. The molecule has 0 aromatic heterocycles. The first-order chi connectivity index (χ1) is 10.1. The largest absolute Gasteiger partial charge is 0.496 e. The van der Waals surface area contributed by atoms with Gasteiger partial charge in [-0.1, -0.05) is 22.0 Å². The highest BCUT2D eigenvalue weighted by Crippen LogP contribution is 2.42. The number of benzene rings is 2. The van der Waals surface area contributed by atoms with Crippen molar-refractivity contribution in [2.24, 2.45) is 5.73 Å². The Hall–Kier alpha value is -1.59. The molecule has 0 bridgehead atoms. The zero-order valence-corrected chi connectivity index (χ0v) is 13.1. The number of rotatable bonds is 2. The highest BCUT2D eigenvalue weighted by Gasteiger charge is 2.29. The second kappa shape index (κ2) is 5.66. The van der Waals surface area contributed by atoms with Crippen LogP contribution in [0.3, 0.4) is 0 Å². The molecule has 2 N–H and O–H groups in total. The quantitative estimate of drug-likeness (QED) is 0.884. The maximum absolute atomic E-state index is 13.4. The van der Waals surface area contributed by atoms with E-state index in [0.29, 0.717) is 12.2 Å². The van der Waals surface area contributed by atoms with Crippen LogP contribution in [0, 0.1) is 5.82 Å². The first-order valence-corrected chi connectivity index (χ1v) is 7.43. The summed E-state index contributed by atoms with van der Waals surface area (Å²) in [7, 11) is 1.61.